The molecule has 0 aromatic heterocycles. The van der Waals surface area contributed by atoms with Crippen molar-refractivity contribution in [2.24, 2.45) is 5.92 Å². The Balaban J connectivity index is 2.02. The predicted molar refractivity (Wildman–Crippen MR) is 100 cm³/mol. The average Bonchev–Trinajstić information content (AvgIpc) is 2.96. The molecule has 0 saturated heterocycles. The molecular weight excluding hydrogens is 296 g/mol. The summed E-state index contributed by atoms with van der Waals surface area (Å²) in [6.45, 7) is 6.10. The molecule has 0 spiro atoms. The molecule has 1 aliphatic heterocycles. The molecule has 3 atom stereocenters. The van der Waals surface area contributed by atoms with Crippen molar-refractivity contribution in [2.45, 2.75) is 31.9 Å². The number of anilines is 1. The first-order valence-corrected chi connectivity index (χ1v) is 8.86. The van der Waals surface area contributed by atoms with E-state index in [1.54, 1.807) is 0 Å². The maximum absolute atomic E-state index is 10.9. The van der Waals surface area contributed by atoms with E-state index in [1.807, 2.05) is 13.1 Å². The van der Waals surface area contributed by atoms with Gasteiger partial charge in [-0.05, 0) is 30.2 Å². The van der Waals surface area contributed by atoms with Gasteiger partial charge >= 0.3 is 0 Å². The van der Waals surface area contributed by atoms with Crippen molar-refractivity contribution in [3.05, 3.63) is 65.7 Å². The van der Waals surface area contributed by atoms with Crippen molar-refractivity contribution >= 4 is 5.69 Å². The Kier molecular flexibility index (Phi) is 5.22. The van der Waals surface area contributed by atoms with Crippen LogP contribution in [0.25, 0.3) is 0 Å². The van der Waals surface area contributed by atoms with Crippen LogP contribution in [0.1, 0.15) is 36.9 Å². The smallest absolute Gasteiger partial charge is 0.0909 e. The van der Waals surface area contributed by atoms with E-state index in [0.29, 0.717) is 18.4 Å². The number of nitrogens with zero attached hydrogens (tertiary/aromatic N) is 1. The van der Waals surface area contributed by atoms with Crippen LogP contribution in [0.15, 0.2) is 54.6 Å². The quantitative estimate of drug-likeness (QED) is 0.853. The van der Waals surface area contributed by atoms with Gasteiger partial charge in [0.05, 0.1) is 12.1 Å². The highest BCUT2D eigenvalue weighted by Gasteiger charge is 2.37. The fourth-order valence-electron chi connectivity index (χ4n) is 3.89. The molecule has 3 unspecified atom stereocenters. The van der Waals surface area contributed by atoms with Crippen molar-refractivity contribution in [2.75, 3.05) is 25.0 Å². The number of para-hydroxylation sites is 1. The molecule has 3 rings (SSSR count). The van der Waals surface area contributed by atoms with Crippen molar-refractivity contribution in [1.29, 1.82) is 0 Å². The summed E-state index contributed by atoms with van der Waals surface area (Å²) in [7, 11) is 1.89. The van der Waals surface area contributed by atoms with Gasteiger partial charge in [0.1, 0.15) is 0 Å². The van der Waals surface area contributed by atoms with E-state index < -0.39 is 6.10 Å². The Morgan fingerprint density at radius 3 is 2.42 bits per heavy atom. The van der Waals surface area contributed by atoms with E-state index in [9.17, 15) is 5.11 Å². The summed E-state index contributed by atoms with van der Waals surface area (Å²) in [4.78, 5) is 2.40. The highest BCUT2D eigenvalue weighted by molar-refractivity contribution is 5.62. The number of benzene rings is 2. The lowest BCUT2D eigenvalue weighted by Gasteiger charge is -2.35. The Hall–Kier alpha value is -1.84. The minimum Gasteiger partial charge on any atom is -0.389 e. The molecule has 0 radical (unpaired) electrons. The number of likely N-dealkylation sites (N-methyl/N-ethyl adjacent to an activating group) is 1. The second-order valence-electron chi connectivity index (χ2n) is 7.04. The summed E-state index contributed by atoms with van der Waals surface area (Å²) < 4.78 is 0. The predicted octanol–water partition coefficient (Wildman–Crippen LogP) is 3.57. The molecule has 0 amide bonds. The number of rotatable bonds is 6. The van der Waals surface area contributed by atoms with E-state index in [-0.39, 0.29) is 6.04 Å². The van der Waals surface area contributed by atoms with Crippen molar-refractivity contribution in [3.63, 3.8) is 0 Å². The third kappa shape index (κ3) is 3.19. The molecule has 1 aliphatic rings. The molecule has 0 aliphatic carbocycles. The van der Waals surface area contributed by atoms with Gasteiger partial charge in [-0.15, -0.1) is 0 Å². The molecule has 1 heterocycles. The SMILES string of the molecule is CNCC(O)C(c1ccccc1)N1CC(C(C)C)c2ccccc21. The van der Waals surface area contributed by atoms with Crippen molar-refractivity contribution in [1.82, 2.24) is 5.32 Å². The Morgan fingerprint density at radius 2 is 1.75 bits per heavy atom. The van der Waals surface area contributed by atoms with Crippen molar-refractivity contribution < 1.29 is 5.11 Å². The number of nitrogens with one attached hydrogen (secondary N) is 1. The minimum atomic E-state index is -0.462. The second-order valence-corrected chi connectivity index (χ2v) is 7.04. The number of hydrogen-bond acceptors (Lipinski definition) is 3. The van der Waals surface area contributed by atoms with E-state index in [2.05, 4.69) is 72.6 Å². The molecule has 2 aromatic rings. The van der Waals surface area contributed by atoms with Crippen LogP contribution in [0.4, 0.5) is 5.69 Å². The van der Waals surface area contributed by atoms with Gasteiger partial charge in [0.15, 0.2) is 0 Å². The molecule has 24 heavy (non-hydrogen) atoms. The number of fused-ring (bicyclic) bond motifs is 1. The Bertz CT molecular complexity index is 656. The summed E-state index contributed by atoms with van der Waals surface area (Å²) in [5, 5.41) is 14.0. The summed E-state index contributed by atoms with van der Waals surface area (Å²) in [6.07, 6.45) is -0.462. The molecule has 2 N–H and O–H groups in total. The van der Waals surface area contributed by atoms with E-state index in [0.717, 1.165) is 6.54 Å². The van der Waals surface area contributed by atoms with Gasteiger partial charge in [-0.25, -0.2) is 0 Å². The normalized spacial score (nSPS) is 19.4. The first-order chi connectivity index (χ1) is 11.6. The molecule has 0 saturated carbocycles. The zero-order valence-corrected chi connectivity index (χ0v) is 14.8. The van der Waals surface area contributed by atoms with Gasteiger partial charge in [0.25, 0.3) is 0 Å². The molecule has 3 heteroatoms. The van der Waals surface area contributed by atoms with Crippen LogP contribution in [0.3, 0.4) is 0 Å². The molecule has 0 bridgehead atoms. The highest BCUT2D eigenvalue weighted by atomic mass is 16.3. The summed E-state index contributed by atoms with van der Waals surface area (Å²) >= 11 is 0. The van der Waals surface area contributed by atoms with Gasteiger partial charge in [-0.3, -0.25) is 0 Å². The van der Waals surface area contributed by atoms with Gasteiger partial charge < -0.3 is 15.3 Å². The zero-order chi connectivity index (χ0) is 17.1. The van der Waals surface area contributed by atoms with E-state index in [4.69, 9.17) is 0 Å². The number of aliphatic hydroxyl groups is 1. The molecule has 3 nitrogen and oxygen atoms in total. The van der Waals surface area contributed by atoms with E-state index in [1.165, 1.54) is 16.8 Å². The molecule has 128 valence electrons. The van der Waals surface area contributed by atoms with Gasteiger partial charge in [-0.2, -0.15) is 0 Å². The largest absolute Gasteiger partial charge is 0.389 e. The van der Waals surface area contributed by atoms with Crippen LogP contribution in [-0.4, -0.2) is 31.3 Å². The second kappa shape index (κ2) is 7.37. The van der Waals surface area contributed by atoms with Crippen LogP contribution in [0, 0.1) is 5.92 Å². The van der Waals surface area contributed by atoms with Crippen LogP contribution >= 0.6 is 0 Å². The van der Waals surface area contributed by atoms with E-state index >= 15 is 0 Å². The fourth-order valence-corrected chi connectivity index (χ4v) is 3.89. The third-order valence-electron chi connectivity index (χ3n) is 5.10. The van der Waals surface area contributed by atoms with Gasteiger partial charge in [0, 0.05) is 24.7 Å². The topological polar surface area (TPSA) is 35.5 Å². The Morgan fingerprint density at radius 1 is 1.08 bits per heavy atom. The summed E-state index contributed by atoms with van der Waals surface area (Å²) in [5.74, 6) is 1.09. The summed E-state index contributed by atoms with van der Waals surface area (Å²) in [6, 6.07) is 19.0. The highest BCUT2D eigenvalue weighted by Crippen LogP contribution is 2.44. The molecular formula is C21H28N2O. The van der Waals surface area contributed by atoms with Crippen LogP contribution in [0.5, 0.6) is 0 Å². The van der Waals surface area contributed by atoms with Crippen molar-refractivity contribution in [3.8, 4) is 0 Å². The molecule has 0 fully saturated rings. The summed E-state index contributed by atoms with van der Waals surface area (Å²) in [5.41, 5.74) is 3.84. The maximum atomic E-state index is 10.9. The first-order valence-electron chi connectivity index (χ1n) is 8.86. The van der Waals surface area contributed by atoms with Crippen LogP contribution in [-0.2, 0) is 0 Å². The minimum absolute atomic E-state index is 0.0384. The number of aliphatic hydroxyl groups excluding tert-OH is 1. The first kappa shape index (κ1) is 17.0. The lowest BCUT2D eigenvalue weighted by Crippen LogP contribution is -2.40. The van der Waals surface area contributed by atoms with Crippen LogP contribution in [0.2, 0.25) is 0 Å². The maximum Gasteiger partial charge on any atom is 0.0909 e. The van der Waals surface area contributed by atoms with Gasteiger partial charge in [-0.1, -0.05) is 62.4 Å². The van der Waals surface area contributed by atoms with Crippen LogP contribution < -0.4 is 10.2 Å². The average molecular weight is 324 g/mol. The Labute approximate surface area is 145 Å². The lowest BCUT2D eigenvalue weighted by molar-refractivity contribution is 0.140. The monoisotopic (exact) mass is 324 g/mol. The standard InChI is InChI=1S/C21H28N2O/c1-15(2)18-14-23(19-12-8-7-11-17(18)19)21(20(24)13-22-3)16-9-5-4-6-10-16/h4-12,15,18,20-22,24H,13-14H2,1-3H3. The zero-order valence-electron chi connectivity index (χ0n) is 14.8. The lowest BCUT2D eigenvalue weighted by atomic mass is 9.90. The fraction of sp³-hybridized carbons (Fsp3) is 0.429. The molecule has 2 aromatic carbocycles. The number of hydrogen-bond donors (Lipinski definition) is 2. The third-order valence-corrected chi connectivity index (χ3v) is 5.10. The van der Waals surface area contributed by atoms with Gasteiger partial charge in [0.2, 0.25) is 0 Å².